The molecular formula is C14H25N3O3. The number of hydrogen-bond acceptors (Lipinski definition) is 5. The van der Waals surface area contributed by atoms with Gasteiger partial charge in [-0.2, -0.15) is 0 Å². The lowest BCUT2D eigenvalue weighted by Gasteiger charge is -2.24. The summed E-state index contributed by atoms with van der Waals surface area (Å²) in [4.78, 5) is 25.2. The molecule has 20 heavy (non-hydrogen) atoms. The molecule has 114 valence electrons. The summed E-state index contributed by atoms with van der Waals surface area (Å²) in [5.74, 6) is 0.453. The molecular weight excluding hydrogens is 258 g/mol. The van der Waals surface area contributed by atoms with E-state index in [0.717, 1.165) is 25.6 Å². The summed E-state index contributed by atoms with van der Waals surface area (Å²) in [5, 5.41) is 5.72. The number of nitrogens with one attached hydrogen (secondary N) is 2. The molecule has 2 fully saturated rings. The Morgan fingerprint density at radius 3 is 2.70 bits per heavy atom. The zero-order valence-corrected chi connectivity index (χ0v) is 12.2. The molecule has 2 amide bonds. The Balaban J connectivity index is 1.76. The second-order valence-corrected chi connectivity index (χ2v) is 5.70. The van der Waals surface area contributed by atoms with Crippen molar-refractivity contribution in [2.45, 2.75) is 38.6 Å². The van der Waals surface area contributed by atoms with E-state index in [9.17, 15) is 9.59 Å². The van der Waals surface area contributed by atoms with Crippen LogP contribution in [0.5, 0.6) is 0 Å². The maximum absolute atomic E-state index is 11.8. The molecule has 0 aromatic rings. The van der Waals surface area contributed by atoms with Crippen LogP contribution in [0.3, 0.4) is 0 Å². The third-order valence-electron chi connectivity index (χ3n) is 3.74. The molecule has 6 nitrogen and oxygen atoms in total. The van der Waals surface area contributed by atoms with E-state index in [4.69, 9.17) is 4.74 Å². The van der Waals surface area contributed by atoms with Gasteiger partial charge < -0.3 is 10.1 Å². The van der Waals surface area contributed by atoms with Gasteiger partial charge in [-0.3, -0.25) is 15.0 Å². The Bertz CT molecular complexity index is 339. The minimum Gasteiger partial charge on any atom is -0.450 e. The Morgan fingerprint density at radius 2 is 2.10 bits per heavy atom. The third kappa shape index (κ3) is 5.46. The second-order valence-electron chi connectivity index (χ2n) is 5.70. The fraction of sp³-hybridized carbons (Fsp3) is 0.857. The molecule has 1 unspecified atom stereocenters. The van der Waals surface area contributed by atoms with Crippen molar-refractivity contribution in [3.8, 4) is 0 Å². The predicted octanol–water partition coefficient (Wildman–Crippen LogP) is 0.723. The van der Waals surface area contributed by atoms with Gasteiger partial charge >= 0.3 is 6.09 Å². The average molecular weight is 283 g/mol. The fourth-order valence-electron chi connectivity index (χ4n) is 2.62. The summed E-state index contributed by atoms with van der Waals surface area (Å²) in [6, 6.07) is 0.476. The van der Waals surface area contributed by atoms with E-state index in [0.29, 0.717) is 6.04 Å². The predicted molar refractivity (Wildman–Crippen MR) is 75.4 cm³/mol. The van der Waals surface area contributed by atoms with Crippen molar-refractivity contribution >= 4 is 12.0 Å². The molecule has 2 aliphatic rings. The molecule has 0 radical (unpaired) electrons. The highest BCUT2D eigenvalue weighted by Gasteiger charge is 2.27. The maximum Gasteiger partial charge on any atom is 0.413 e. The van der Waals surface area contributed by atoms with Crippen molar-refractivity contribution in [2.24, 2.45) is 5.92 Å². The molecule has 6 heteroatoms. The highest BCUT2D eigenvalue weighted by atomic mass is 16.5. The zero-order valence-electron chi connectivity index (χ0n) is 12.2. The monoisotopic (exact) mass is 283 g/mol. The molecule has 2 N–H and O–H groups in total. The van der Waals surface area contributed by atoms with Crippen LogP contribution in [-0.4, -0.2) is 55.7 Å². The van der Waals surface area contributed by atoms with Crippen LogP contribution in [0.1, 0.15) is 32.6 Å². The molecule has 1 atom stereocenters. The summed E-state index contributed by atoms with van der Waals surface area (Å²) in [6.07, 6.45) is 4.24. The summed E-state index contributed by atoms with van der Waals surface area (Å²) in [7, 11) is 0. The van der Waals surface area contributed by atoms with Crippen molar-refractivity contribution in [2.75, 3.05) is 32.8 Å². The van der Waals surface area contributed by atoms with Crippen molar-refractivity contribution in [3.05, 3.63) is 0 Å². The molecule has 0 aromatic carbocycles. The van der Waals surface area contributed by atoms with Crippen LogP contribution in [0.25, 0.3) is 0 Å². The Hall–Kier alpha value is -1.14. The minimum absolute atomic E-state index is 0.271. The minimum atomic E-state index is -0.650. The van der Waals surface area contributed by atoms with Crippen LogP contribution < -0.4 is 10.6 Å². The van der Waals surface area contributed by atoms with Crippen molar-refractivity contribution in [1.82, 2.24) is 15.5 Å². The van der Waals surface area contributed by atoms with Gasteiger partial charge in [-0.05, 0) is 45.1 Å². The highest BCUT2D eigenvalue weighted by molar-refractivity contribution is 5.92. The Morgan fingerprint density at radius 1 is 1.30 bits per heavy atom. The van der Waals surface area contributed by atoms with Gasteiger partial charge in [0.2, 0.25) is 5.91 Å². The first kappa shape index (κ1) is 15.3. The van der Waals surface area contributed by atoms with E-state index in [2.05, 4.69) is 15.5 Å². The Labute approximate surface area is 120 Å². The van der Waals surface area contributed by atoms with E-state index in [1.165, 1.54) is 25.7 Å². The van der Waals surface area contributed by atoms with Crippen LogP contribution in [0.2, 0.25) is 0 Å². The fourth-order valence-corrected chi connectivity index (χ4v) is 2.62. The number of imide groups is 1. The first-order valence-electron chi connectivity index (χ1n) is 7.59. The van der Waals surface area contributed by atoms with Gasteiger partial charge in [0.15, 0.2) is 0 Å². The maximum atomic E-state index is 11.8. The summed E-state index contributed by atoms with van der Waals surface area (Å²) < 4.78 is 4.72. The van der Waals surface area contributed by atoms with Crippen LogP contribution in [0.4, 0.5) is 4.79 Å². The summed E-state index contributed by atoms with van der Waals surface area (Å²) >= 11 is 0. The second kappa shape index (κ2) is 7.59. The van der Waals surface area contributed by atoms with Crippen molar-refractivity contribution in [1.29, 1.82) is 0 Å². The lowest BCUT2D eigenvalue weighted by atomic mass is 10.2. The van der Waals surface area contributed by atoms with Gasteiger partial charge in [0, 0.05) is 19.1 Å². The third-order valence-corrected chi connectivity index (χ3v) is 3.74. The van der Waals surface area contributed by atoms with Crippen LogP contribution in [0, 0.1) is 5.92 Å². The number of carbonyl (C=O) groups excluding carboxylic acids is 2. The van der Waals surface area contributed by atoms with Crippen molar-refractivity contribution < 1.29 is 14.3 Å². The number of amides is 2. The highest BCUT2D eigenvalue weighted by Crippen LogP contribution is 2.29. The van der Waals surface area contributed by atoms with Gasteiger partial charge in [-0.15, -0.1) is 0 Å². The summed E-state index contributed by atoms with van der Waals surface area (Å²) in [6.45, 7) is 5.16. The largest absolute Gasteiger partial charge is 0.450 e. The van der Waals surface area contributed by atoms with E-state index in [-0.39, 0.29) is 19.1 Å². The standard InChI is InChI=1S/C14H25N3O3/c1-2-20-14(19)16-13(18)10-17(8-11-5-6-11)9-12-4-3-7-15-12/h11-12,15H,2-10H2,1H3,(H,16,18,19). The molecule has 0 spiro atoms. The number of carbonyl (C=O) groups is 2. The zero-order chi connectivity index (χ0) is 14.4. The van der Waals surface area contributed by atoms with Crippen LogP contribution in [0.15, 0.2) is 0 Å². The van der Waals surface area contributed by atoms with Gasteiger partial charge in [0.25, 0.3) is 0 Å². The number of ether oxygens (including phenoxy) is 1. The number of hydrogen-bond donors (Lipinski definition) is 2. The average Bonchev–Trinajstić information content (AvgIpc) is 3.03. The lowest BCUT2D eigenvalue weighted by Crippen LogP contribution is -2.45. The molecule has 2 rings (SSSR count). The van der Waals surface area contributed by atoms with E-state index >= 15 is 0 Å². The van der Waals surface area contributed by atoms with Gasteiger partial charge in [-0.1, -0.05) is 0 Å². The first-order chi connectivity index (χ1) is 9.67. The first-order valence-corrected chi connectivity index (χ1v) is 7.59. The smallest absolute Gasteiger partial charge is 0.413 e. The SMILES string of the molecule is CCOC(=O)NC(=O)CN(CC1CC1)CC1CCCN1. The molecule has 0 bridgehead atoms. The number of nitrogens with zero attached hydrogens (tertiary/aromatic N) is 1. The Kier molecular flexibility index (Phi) is 5.79. The molecule has 1 aliphatic carbocycles. The van der Waals surface area contributed by atoms with E-state index in [1.807, 2.05) is 0 Å². The quantitative estimate of drug-likeness (QED) is 0.720. The van der Waals surface area contributed by atoms with Crippen LogP contribution >= 0.6 is 0 Å². The lowest BCUT2D eigenvalue weighted by molar-refractivity contribution is -0.121. The van der Waals surface area contributed by atoms with Gasteiger partial charge in [0.05, 0.1) is 13.2 Å². The van der Waals surface area contributed by atoms with E-state index in [1.54, 1.807) is 6.92 Å². The topological polar surface area (TPSA) is 70.7 Å². The number of alkyl carbamates (subject to hydrolysis) is 1. The van der Waals surface area contributed by atoms with Gasteiger partial charge in [-0.25, -0.2) is 4.79 Å². The normalized spacial score (nSPS) is 22.0. The van der Waals surface area contributed by atoms with Crippen LogP contribution in [-0.2, 0) is 9.53 Å². The molecule has 1 saturated heterocycles. The van der Waals surface area contributed by atoms with E-state index < -0.39 is 6.09 Å². The van der Waals surface area contributed by atoms with Gasteiger partial charge in [0.1, 0.15) is 0 Å². The molecule has 1 aliphatic heterocycles. The summed E-state index contributed by atoms with van der Waals surface area (Å²) in [5.41, 5.74) is 0. The molecule has 0 aromatic heterocycles. The van der Waals surface area contributed by atoms with Crippen molar-refractivity contribution in [3.63, 3.8) is 0 Å². The number of rotatable bonds is 7. The molecule has 1 heterocycles. The molecule has 1 saturated carbocycles.